The van der Waals surface area contributed by atoms with Gasteiger partial charge in [0.2, 0.25) is 0 Å². The molecule has 0 spiro atoms. The summed E-state index contributed by atoms with van der Waals surface area (Å²) in [6.45, 7) is 0.910. The predicted octanol–water partition coefficient (Wildman–Crippen LogP) is 4.55. The molecule has 0 aliphatic rings. The van der Waals surface area contributed by atoms with Crippen LogP contribution in [0.2, 0.25) is 0 Å². The number of carboxylic acids is 1. The molecular formula is C21H16F6N4O3. The van der Waals surface area contributed by atoms with Gasteiger partial charge >= 0.3 is 18.3 Å². The fourth-order valence-corrected chi connectivity index (χ4v) is 3.09. The fourth-order valence-electron chi connectivity index (χ4n) is 3.09. The molecule has 1 heterocycles. The lowest BCUT2D eigenvalue weighted by Gasteiger charge is -2.15. The van der Waals surface area contributed by atoms with Crippen molar-refractivity contribution in [1.82, 2.24) is 20.3 Å². The maximum Gasteiger partial charge on any atom is 0.435 e. The van der Waals surface area contributed by atoms with E-state index < -0.39 is 53.8 Å². The molecule has 0 saturated carbocycles. The van der Waals surface area contributed by atoms with Crippen LogP contribution >= 0.6 is 0 Å². The van der Waals surface area contributed by atoms with Gasteiger partial charge in [0.25, 0.3) is 5.91 Å². The number of nitrogens with zero attached hydrogens (tertiary/aromatic N) is 3. The van der Waals surface area contributed by atoms with Crippen molar-refractivity contribution in [3.63, 3.8) is 0 Å². The molecule has 180 valence electrons. The van der Waals surface area contributed by atoms with E-state index in [4.69, 9.17) is 5.11 Å². The summed E-state index contributed by atoms with van der Waals surface area (Å²) < 4.78 is 79.6. The Bertz CT molecular complexity index is 1190. The standard InChI is InChI=1S/C21H16F6N4O3/c1-11(13-4-6-14(7-5-13)19(33)34)28-18(32)16-17(21(25,26)27)31(30-29-16)10-12-2-8-15(9-3-12)20(22,23)24/h2-9,11H,10H2,1H3,(H,28,32)(H,33,34). The monoisotopic (exact) mass is 486 g/mol. The third-order valence-corrected chi connectivity index (χ3v) is 4.84. The van der Waals surface area contributed by atoms with E-state index in [2.05, 4.69) is 15.6 Å². The number of hydrogen-bond donors (Lipinski definition) is 2. The molecule has 1 atom stereocenters. The molecule has 7 nitrogen and oxygen atoms in total. The number of carbonyl (C=O) groups excluding carboxylic acids is 1. The Kier molecular flexibility index (Phi) is 6.66. The molecule has 0 radical (unpaired) electrons. The van der Waals surface area contributed by atoms with Gasteiger partial charge in [-0.1, -0.05) is 29.5 Å². The van der Waals surface area contributed by atoms with Crippen LogP contribution in [0.5, 0.6) is 0 Å². The maximum atomic E-state index is 13.7. The van der Waals surface area contributed by atoms with Crippen molar-refractivity contribution in [2.24, 2.45) is 0 Å². The third kappa shape index (κ3) is 5.53. The second kappa shape index (κ2) is 9.15. The molecule has 0 aliphatic heterocycles. The van der Waals surface area contributed by atoms with E-state index in [-0.39, 0.29) is 11.1 Å². The van der Waals surface area contributed by atoms with Gasteiger partial charge in [0.05, 0.1) is 23.7 Å². The van der Waals surface area contributed by atoms with Crippen LogP contribution in [0.1, 0.15) is 56.2 Å². The largest absolute Gasteiger partial charge is 0.478 e. The minimum Gasteiger partial charge on any atom is -0.478 e. The number of alkyl halides is 6. The second-order valence-corrected chi connectivity index (χ2v) is 7.26. The van der Waals surface area contributed by atoms with E-state index in [1.165, 1.54) is 31.2 Å². The highest BCUT2D eigenvalue weighted by Gasteiger charge is 2.41. The zero-order chi connectivity index (χ0) is 25.3. The summed E-state index contributed by atoms with van der Waals surface area (Å²) in [7, 11) is 0. The molecule has 3 aromatic rings. The Hall–Kier alpha value is -3.90. The summed E-state index contributed by atoms with van der Waals surface area (Å²) in [5.41, 5.74) is -2.91. The van der Waals surface area contributed by atoms with Gasteiger partial charge in [0.15, 0.2) is 11.4 Å². The van der Waals surface area contributed by atoms with Crippen LogP contribution in [-0.2, 0) is 18.9 Å². The van der Waals surface area contributed by atoms with Gasteiger partial charge < -0.3 is 10.4 Å². The van der Waals surface area contributed by atoms with E-state index in [9.17, 15) is 35.9 Å². The Morgan fingerprint density at radius 1 is 0.971 bits per heavy atom. The molecular weight excluding hydrogens is 470 g/mol. The lowest BCUT2D eigenvalue weighted by molar-refractivity contribution is -0.144. The summed E-state index contributed by atoms with van der Waals surface area (Å²) in [5, 5.41) is 18.0. The summed E-state index contributed by atoms with van der Waals surface area (Å²) >= 11 is 0. The molecule has 34 heavy (non-hydrogen) atoms. The summed E-state index contributed by atoms with van der Waals surface area (Å²) in [4.78, 5) is 23.5. The zero-order valence-corrected chi connectivity index (χ0v) is 17.3. The van der Waals surface area contributed by atoms with Crippen molar-refractivity contribution in [3.8, 4) is 0 Å². The Balaban J connectivity index is 1.83. The SMILES string of the molecule is CC(NC(=O)c1nnn(Cc2ccc(C(F)(F)F)cc2)c1C(F)(F)F)c1ccc(C(=O)O)cc1. The van der Waals surface area contributed by atoms with Crippen LogP contribution in [-0.4, -0.2) is 32.0 Å². The number of benzene rings is 2. The molecule has 3 rings (SSSR count). The van der Waals surface area contributed by atoms with E-state index in [1.807, 2.05) is 0 Å². The highest BCUT2D eigenvalue weighted by Crippen LogP contribution is 2.32. The average molecular weight is 486 g/mol. The van der Waals surface area contributed by atoms with Crippen LogP contribution in [0.4, 0.5) is 26.3 Å². The van der Waals surface area contributed by atoms with Crippen molar-refractivity contribution in [3.05, 3.63) is 82.2 Å². The van der Waals surface area contributed by atoms with Crippen LogP contribution in [0.3, 0.4) is 0 Å². The van der Waals surface area contributed by atoms with Gasteiger partial charge in [-0.05, 0) is 42.3 Å². The number of hydrogen-bond acceptors (Lipinski definition) is 4. The molecule has 0 saturated heterocycles. The van der Waals surface area contributed by atoms with Gasteiger partial charge in [0, 0.05) is 0 Å². The third-order valence-electron chi connectivity index (χ3n) is 4.84. The first-order chi connectivity index (χ1) is 15.8. The van der Waals surface area contributed by atoms with Crippen molar-refractivity contribution in [2.75, 3.05) is 0 Å². The van der Waals surface area contributed by atoms with E-state index in [0.717, 1.165) is 24.3 Å². The zero-order valence-electron chi connectivity index (χ0n) is 17.3. The molecule has 0 fully saturated rings. The van der Waals surface area contributed by atoms with Gasteiger partial charge in [-0.15, -0.1) is 5.10 Å². The minimum atomic E-state index is -5.03. The number of aromatic carboxylic acids is 1. The molecule has 1 amide bonds. The summed E-state index contributed by atoms with van der Waals surface area (Å²) in [5.74, 6) is -2.34. The van der Waals surface area contributed by atoms with Crippen LogP contribution in [0.25, 0.3) is 0 Å². The van der Waals surface area contributed by atoms with Crippen molar-refractivity contribution in [1.29, 1.82) is 0 Å². The molecule has 0 bridgehead atoms. The molecule has 1 aromatic heterocycles. The first-order valence-corrected chi connectivity index (χ1v) is 9.58. The normalized spacial score (nSPS) is 12.9. The van der Waals surface area contributed by atoms with Crippen molar-refractivity contribution < 1.29 is 41.0 Å². The highest BCUT2D eigenvalue weighted by atomic mass is 19.4. The molecule has 13 heteroatoms. The van der Waals surface area contributed by atoms with Gasteiger partial charge in [0.1, 0.15) is 0 Å². The van der Waals surface area contributed by atoms with Crippen LogP contribution in [0.15, 0.2) is 48.5 Å². The number of nitrogens with one attached hydrogen (secondary N) is 1. The maximum absolute atomic E-state index is 13.7. The number of carboxylic acid groups (broad SMARTS) is 1. The lowest BCUT2D eigenvalue weighted by Crippen LogP contribution is -2.29. The lowest BCUT2D eigenvalue weighted by atomic mass is 10.1. The number of aromatic nitrogens is 3. The van der Waals surface area contributed by atoms with Crippen molar-refractivity contribution in [2.45, 2.75) is 31.9 Å². The van der Waals surface area contributed by atoms with E-state index >= 15 is 0 Å². The van der Waals surface area contributed by atoms with E-state index in [1.54, 1.807) is 0 Å². The molecule has 2 N–H and O–H groups in total. The number of carbonyl (C=O) groups is 2. The van der Waals surface area contributed by atoms with E-state index in [0.29, 0.717) is 10.2 Å². The minimum absolute atomic E-state index is 0.00663. The molecule has 0 aliphatic carbocycles. The first kappa shape index (κ1) is 24.7. The quantitative estimate of drug-likeness (QED) is 0.499. The molecule has 2 aromatic carbocycles. The first-order valence-electron chi connectivity index (χ1n) is 9.58. The van der Waals surface area contributed by atoms with Gasteiger partial charge in [-0.3, -0.25) is 4.79 Å². The molecule has 1 unspecified atom stereocenters. The van der Waals surface area contributed by atoms with Crippen LogP contribution < -0.4 is 5.32 Å². The smallest absolute Gasteiger partial charge is 0.435 e. The average Bonchev–Trinajstić information content (AvgIpc) is 3.18. The number of halogens is 6. The highest BCUT2D eigenvalue weighted by molar-refractivity contribution is 5.93. The Morgan fingerprint density at radius 3 is 2.06 bits per heavy atom. The Morgan fingerprint density at radius 2 is 1.56 bits per heavy atom. The van der Waals surface area contributed by atoms with Crippen LogP contribution in [0, 0.1) is 0 Å². The Labute approximate surface area is 188 Å². The van der Waals surface area contributed by atoms with Gasteiger partial charge in [-0.25, -0.2) is 9.48 Å². The summed E-state index contributed by atoms with van der Waals surface area (Å²) in [6, 6.07) is 8.04. The van der Waals surface area contributed by atoms with Crippen molar-refractivity contribution >= 4 is 11.9 Å². The number of rotatable bonds is 6. The second-order valence-electron chi connectivity index (χ2n) is 7.26. The fraction of sp³-hybridized carbons (Fsp3) is 0.238. The number of amides is 1. The predicted molar refractivity (Wildman–Crippen MR) is 105 cm³/mol. The topological polar surface area (TPSA) is 97.1 Å². The van der Waals surface area contributed by atoms with Gasteiger partial charge in [-0.2, -0.15) is 26.3 Å². The summed E-state index contributed by atoms with van der Waals surface area (Å²) in [6.07, 6.45) is -9.63.